The molecule has 4 heterocycles. The van der Waals surface area contributed by atoms with Crippen molar-refractivity contribution >= 4 is 28.5 Å². The number of piperazine rings is 1. The number of hydrogen-bond donors (Lipinski definition) is 3. The number of benzene rings is 2. The number of anilines is 1. The first kappa shape index (κ1) is 36.4. The molecule has 2 fully saturated rings. The number of fused-ring (bicyclic) bond motifs is 1. The van der Waals surface area contributed by atoms with E-state index in [-0.39, 0.29) is 37.3 Å². The van der Waals surface area contributed by atoms with Crippen LogP contribution in [0.25, 0.3) is 22.2 Å². The van der Waals surface area contributed by atoms with E-state index < -0.39 is 5.91 Å². The van der Waals surface area contributed by atoms with Crippen molar-refractivity contribution in [3.05, 3.63) is 76.9 Å². The fraction of sp³-hybridized carbons (Fsp3) is 0.487. The Morgan fingerprint density at radius 3 is 2.37 bits per heavy atom. The summed E-state index contributed by atoms with van der Waals surface area (Å²) in [7, 11) is 0. The number of rotatable bonds is 14. The van der Waals surface area contributed by atoms with E-state index in [4.69, 9.17) is 9.72 Å². The Morgan fingerprint density at radius 2 is 1.65 bits per heavy atom. The van der Waals surface area contributed by atoms with Crippen LogP contribution in [0.1, 0.15) is 62.4 Å². The van der Waals surface area contributed by atoms with Gasteiger partial charge in [-0.25, -0.2) is 14.1 Å². The van der Waals surface area contributed by atoms with Crippen LogP contribution in [0.15, 0.2) is 48.7 Å². The molecule has 2 amide bonds. The summed E-state index contributed by atoms with van der Waals surface area (Å²) in [5, 5.41) is 15.0. The SMILES string of the molecule is CCc1nc2c(cnn2CC)c(NC2CCOCC2)c1CNC(=O)CC(=O)NCc1ccc(F)c(-c2cccc(CN3CCN(CC)CC3)c2)c1. The molecule has 3 N–H and O–H groups in total. The van der Waals surface area contributed by atoms with Gasteiger partial charge in [0.15, 0.2) is 5.65 Å². The van der Waals surface area contributed by atoms with Gasteiger partial charge in [0.2, 0.25) is 11.8 Å². The molecule has 2 saturated heterocycles. The van der Waals surface area contributed by atoms with Gasteiger partial charge in [-0.2, -0.15) is 5.10 Å². The van der Waals surface area contributed by atoms with Gasteiger partial charge in [0, 0.05) is 88.4 Å². The summed E-state index contributed by atoms with van der Waals surface area (Å²) in [6.45, 7) is 14.9. The van der Waals surface area contributed by atoms with E-state index in [2.05, 4.69) is 49.9 Å². The number of pyridine rings is 1. The van der Waals surface area contributed by atoms with Crippen LogP contribution in [0.2, 0.25) is 0 Å². The highest BCUT2D eigenvalue weighted by atomic mass is 19.1. The normalized spacial score (nSPS) is 16.0. The van der Waals surface area contributed by atoms with Crippen LogP contribution in [0, 0.1) is 5.82 Å². The number of aryl methyl sites for hydroxylation is 2. The quantitative estimate of drug-likeness (QED) is 0.160. The van der Waals surface area contributed by atoms with Gasteiger partial charge >= 0.3 is 0 Å². The fourth-order valence-corrected chi connectivity index (χ4v) is 7.02. The molecular formula is C39H51FN8O3. The molecule has 2 aliphatic rings. The number of hydrogen-bond acceptors (Lipinski definition) is 8. The molecule has 0 spiro atoms. The molecule has 0 saturated carbocycles. The number of aromatic nitrogens is 3. The van der Waals surface area contributed by atoms with E-state index in [0.717, 1.165) is 96.8 Å². The van der Waals surface area contributed by atoms with Crippen molar-refractivity contribution in [3.8, 4) is 11.1 Å². The van der Waals surface area contributed by atoms with Crippen molar-refractivity contribution in [2.24, 2.45) is 0 Å². The molecule has 272 valence electrons. The molecule has 0 atom stereocenters. The van der Waals surface area contributed by atoms with E-state index >= 15 is 4.39 Å². The van der Waals surface area contributed by atoms with E-state index in [9.17, 15) is 9.59 Å². The first-order valence-electron chi connectivity index (χ1n) is 18.4. The number of nitrogens with one attached hydrogen (secondary N) is 3. The molecule has 2 aromatic carbocycles. The molecule has 0 bridgehead atoms. The first-order valence-corrected chi connectivity index (χ1v) is 18.4. The van der Waals surface area contributed by atoms with Gasteiger partial charge in [0.25, 0.3) is 0 Å². The first-order chi connectivity index (χ1) is 24.8. The maximum absolute atomic E-state index is 15.1. The third-order valence-electron chi connectivity index (χ3n) is 10.0. The molecule has 0 unspecified atom stereocenters. The highest BCUT2D eigenvalue weighted by Crippen LogP contribution is 2.31. The zero-order valence-electron chi connectivity index (χ0n) is 30.1. The van der Waals surface area contributed by atoms with Crippen molar-refractivity contribution in [2.75, 3.05) is 51.3 Å². The minimum absolute atomic E-state index is 0.182. The number of nitrogens with zero attached hydrogens (tertiary/aromatic N) is 5. The van der Waals surface area contributed by atoms with Crippen LogP contribution < -0.4 is 16.0 Å². The Balaban J connectivity index is 1.06. The van der Waals surface area contributed by atoms with E-state index in [1.165, 1.54) is 6.07 Å². The number of likely N-dealkylation sites (N-methyl/N-ethyl adjacent to an activating group) is 1. The van der Waals surface area contributed by atoms with Gasteiger partial charge in [-0.3, -0.25) is 14.5 Å². The van der Waals surface area contributed by atoms with Crippen LogP contribution in [0.5, 0.6) is 0 Å². The van der Waals surface area contributed by atoms with Crippen LogP contribution in [-0.2, 0) is 46.9 Å². The maximum Gasteiger partial charge on any atom is 0.229 e. The predicted octanol–water partition coefficient (Wildman–Crippen LogP) is 4.87. The van der Waals surface area contributed by atoms with Gasteiger partial charge in [0.1, 0.15) is 12.2 Å². The molecule has 0 aliphatic carbocycles. The van der Waals surface area contributed by atoms with Gasteiger partial charge in [-0.05, 0) is 67.6 Å². The van der Waals surface area contributed by atoms with Crippen LogP contribution >= 0.6 is 0 Å². The Hall–Kier alpha value is -4.39. The zero-order valence-corrected chi connectivity index (χ0v) is 30.1. The number of ether oxygens (including phenoxy) is 1. The van der Waals surface area contributed by atoms with Crippen molar-refractivity contribution in [2.45, 2.75) is 78.7 Å². The molecule has 0 radical (unpaired) electrons. The molecular weight excluding hydrogens is 647 g/mol. The maximum atomic E-state index is 15.1. The average molecular weight is 699 g/mol. The van der Waals surface area contributed by atoms with Gasteiger partial charge < -0.3 is 25.6 Å². The summed E-state index contributed by atoms with van der Waals surface area (Å²) in [5.41, 5.74) is 6.72. The lowest BCUT2D eigenvalue weighted by atomic mass is 10.00. The van der Waals surface area contributed by atoms with Crippen LogP contribution in [0.3, 0.4) is 0 Å². The fourth-order valence-electron chi connectivity index (χ4n) is 7.02. The second-order valence-corrected chi connectivity index (χ2v) is 13.4. The van der Waals surface area contributed by atoms with Gasteiger partial charge in [0.05, 0.1) is 17.3 Å². The molecule has 6 rings (SSSR count). The van der Waals surface area contributed by atoms with Crippen molar-refractivity contribution in [1.29, 1.82) is 0 Å². The molecule has 2 aliphatic heterocycles. The molecule has 2 aromatic heterocycles. The average Bonchev–Trinajstić information content (AvgIpc) is 3.57. The Bertz CT molecular complexity index is 1810. The van der Waals surface area contributed by atoms with Gasteiger partial charge in [-0.1, -0.05) is 38.1 Å². The summed E-state index contributed by atoms with van der Waals surface area (Å²) < 4.78 is 22.5. The number of halogens is 1. The number of amides is 2. The predicted molar refractivity (Wildman–Crippen MR) is 198 cm³/mol. The molecule has 11 nitrogen and oxygen atoms in total. The lowest BCUT2D eigenvalue weighted by molar-refractivity contribution is -0.129. The Kier molecular flexibility index (Phi) is 12.3. The minimum Gasteiger partial charge on any atom is -0.381 e. The summed E-state index contributed by atoms with van der Waals surface area (Å²) in [6, 6.07) is 13.1. The summed E-state index contributed by atoms with van der Waals surface area (Å²) in [6.07, 6.45) is 3.96. The van der Waals surface area contributed by atoms with Gasteiger partial charge in [-0.15, -0.1) is 0 Å². The summed E-state index contributed by atoms with van der Waals surface area (Å²) in [5.74, 6) is -1.11. The van der Waals surface area contributed by atoms with E-state index in [1.807, 2.05) is 36.9 Å². The Labute approximate surface area is 299 Å². The molecule has 12 heteroatoms. The van der Waals surface area contributed by atoms with Crippen molar-refractivity contribution in [3.63, 3.8) is 0 Å². The third-order valence-corrected chi connectivity index (χ3v) is 10.0. The molecule has 4 aromatic rings. The standard InChI is InChI=1S/C39H51FN8O3/c1-4-35-32(38(44-30-12-18-51-19-13-30)33-25-43-48(6-3)39(33)45-35)24-42-37(50)22-36(49)41-23-27-10-11-34(40)31(21-27)29-9-7-8-28(20-29)26-47-16-14-46(5-2)15-17-47/h7-11,20-21,25,30H,4-6,12-19,22-24,26H2,1-3H3,(H,41,49)(H,42,50)(H,44,45). The lowest BCUT2D eigenvalue weighted by Gasteiger charge is -2.34. The molecule has 51 heavy (non-hydrogen) atoms. The topological polar surface area (TPSA) is 117 Å². The summed E-state index contributed by atoms with van der Waals surface area (Å²) in [4.78, 5) is 35.8. The highest BCUT2D eigenvalue weighted by molar-refractivity contribution is 5.97. The second kappa shape index (κ2) is 17.2. The Morgan fingerprint density at radius 1 is 0.902 bits per heavy atom. The zero-order chi connectivity index (χ0) is 35.7. The lowest BCUT2D eigenvalue weighted by Crippen LogP contribution is -2.45. The van der Waals surface area contributed by atoms with E-state index in [0.29, 0.717) is 31.7 Å². The van der Waals surface area contributed by atoms with Crippen LogP contribution in [0.4, 0.5) is 10.1 Å². The number of carbonyl (C=O) groups excluding carboxylic acids is 2. The van der Waals surface area contributed by atoms with Crippen molar-refractivity contribution < 1.29 is 18.7 Å². The second-order valence-electron chi connectivity index (χ2n) is 13.4. The van der Waals surface area contributed by atoms with Crippen molar-refractivity contribution in [1.82, 2.24) is 35.2 Å². The largest absolute Gasteiger partial charge is 0.381 e. The van der Waals surface area contributed by atoms with Crippen LogP contribution in [-0.4, -0.2) is 88.4 Å². The third kappa shape index (κ3) is 9.10. The number of carbonyl (C=O) groups is 2. The van der Waals surface area contributed by atoms with E-state index in [1.54, 1.807) is 12.1 Å². The minimum atomic E-state index is -0.405. The smallest absolute Gasteiger partial charge is 0.229 e. The summed E-state index contributed by atoms with van der Waals surface area (Å²) >= 11 is 0. The highest BCUT2D eigenvalue weighted by Gasteiger charge is 2.23. The monoisotopic (exact) mass is 698 g/mol.